The molecule has 0 spiro atoms. The first-order valence-corrected chi connectivity index (χ1v) is 15.0. The fraction of sp³-hybridized carbons (Fsp3) is 0.424. The first-order chi connectivity index (χ1) is 21.4. The molecule has 44 heavy (non-hydrogen) atoms. The molecule has 4 amide bonds. The van der Waals surface area contributed by atoms with Gasteiger partial charge in [0.05, 0.1) is 18.8 Å². The number of hydrogen-bond acceptors (Lipinski definition) is 7. The van der Waals surface area contributed by atoms with Gasteiger partial charge >= 0.3 is 6.09 Å². The van der Waals surface area contributed by atoms with Crippen molar-refractivity contribution in [3.8, 4) is 0 Å². The van der Waals surface area contributed by atoms with E-state index in [0.717, 1.165) is 11.1 Å². The van der Waals surface area contributed by atoms with Crippen LogP contribution in [-0.2, 0) is 41.7 Å². The molecule has 0 aliphatic carbocycles. The highest BCUT2D eigenvalue weighted by atomic mass is 16.5. The summed E-state index contributed by atoms with van der Waals surface area (Å²) in [6.45, 7) is 1.43. The second-order valence-electron chi connectivity index (χ2n) is 10.9. The minimum absolute atomic E-state index is 0.0332. The number of alkyl carbamates (subject to hydrolysis) is 1. The summed E-state index contributed by atoms with van der Waals surface area (Å²) in [6, 6.07) is 15.4. The Bertz CT molecular complexity index is 1290. The summed E-state index contributed by atoms with van der Waals surface area (Å²) < 4.78 is 11.2. The molecule has 0 saturated carbocycles. The molecule has 2 aromatic rings. The third-order valence-corrected chi connectivity index (χ3v) is 7.61. The normalized spacial score (nSPS) is 24.5. The van der Waals surface area contributed by atoms with E-state index >= 15 is 0 Å². The van der Waals surface area contributed by atoms with E-state index in [1.165, 1.54) is 0 Å². The predicted molar refractivity (Wildman–Crippen MR) is 162 cm³/mol. The molecule has 0 unspecified atom stereocenters. The number of rotatable bonds is 6. The van der Waals surface area contributed by atoms with E-state index in [9.17, 15) is 24.0 Å². The molecule has 11 nitrogen and oxygen atoms in total. The van der Waals surface area contributed by atoms with E-state index in [2.05, 4.69) is 16.0 Å². The molecule has 1 saturated heterocycles. The number of allylic oxidation sites excluding steroid dienone is 1. The van der Waals surface area contributed by atoms with Gasteiger partial charge in [0.2, 0.25) is 17.7 Å². The molecule has 1 fully saturated rings. The quantitative estimate of drug-likeness (QED) is 0.340. The van der Waals surface area contributed by atoms with Crippen molar-refractivity contribution in [3.05, 3.63) is 83.9 Å². The smallest absolute Gasteiger partial charge is 0.408 e. The van der Waals surface area contributed by atoms with E-state index in [4.69, 9.17) is 9.47 Å². The van der Waals surface area contributed by atoms with Crippen LogP contribution < -0.4 is 16.0 Å². The van der Waals surface area contributed by atoms with Crippen LogP contribution in [0, 0.1) is 0 Å². The van der Waals surface area contributed by atoms with Crippen molar-refractivity contribution in [3.63, 3.8) is 0 Å². The second-order valence-corrected chi connectivity index (χ2v) is 10.9. The molecular weight excluding hydrogens is 564 g/mol. The topological polar surface area (TPSA) is 143 Å². The molecule has 2 heterocycles. The van der Waals surface area contributed by atoms with Crippen molar-refractivity contribution in [2.24, 2.45) is 0 Å². The Kier molecular flexibility index (Phi) is 12.5. The Hall–Kier alpha value is -4.51. The maximum atomic E-state index is 13.6. The van der Waals surface area contributed by atoms with Crippen molar-refractivity contribution in [2.45, 2.75) is 69.4 Å². The third-order valence-electron chi connectivity index (χ3n) is 7.61. The predicted octanol–water partition coefficient (Wildman–Crippen LogP) is 2.44. The maximum Gasteiger partial charge on any atom is 0.408 e. The van der Waals surface area contributed by atoms with Gasteiger partial charge in [0, 0.05) is 25.9 Å². The van der Waals surface area contributed by atoms with Gasteiger partial charge in [-0.15, -0.1) is 0 Å². The summed E-state index contributed by atoms with van der Waals surface area (Å²) in [4.78, 5) is 66.1. The molecule has 0 aromatic heterocycles. The fourth-order valence-electron chi connectivity index (χ4n) is 5.13. The first-order valence-electron chi connectivity index (χ1n) is 15.0. The summed E-state index contributed by atoms with van der Waals surface area (Å²) in [5, 5.41) is 8.11. The number of amides is 4. The molecule has 4 atom stereocenters. The maximum absolute atomic E-state index is 13.6. The van der Waals surface area contributed by atoms with E-state index in [1.807, 2.05) is 72.8 Å². The minimum atomic E-state index is -1.04. The Balaban J connectivity index is 1.50. The van der Waals surface area contributed by atoms with Gasteiger partial charge in [-0.05, 0) is 36.8 Å². The van der Waals surface area contributed by atoms with Gasteiger partial charge in [-0.25, -0.2) is 4.79 Å². The van der Waals surface area contributed by atoms with E-state index in [1.54, 1.807) is 4.90 Å². The molecule has 3 N–H and O–H groups in total. The summed E-state index contributed by atoms with van der Waals surface area (Å²) in [5.41, 5.74) is 1.59. The van der Waals surface area contributed by atoms with Crippen molar-refractivity contribution < 1.29 is 33.4 Å². The number of carbonyl (C=O) groups excluding carboxylic acids is 5. The molecule has 2 aliphatic rings. The summed E-state index contributed by atoms with van der Waals surface area (Å²) in [5.74, 6) is -1.24. The highest BCUT2D eigenvalue weighted by Gasteiger charge is 2.30. The fourth-order valence-corrected chi connectivity index (χ4v) is 5.13. The highest BCUT2D eigenvalue weighted by molar-refractivity contribution is 5.92. The Morgan fingerprint density at radius 3 is 2.39 bits per heavy atom. The van der Waals surface area contributed by atoms with Gasteiger partial charge in [-0.2, -0.15) is 0 Å². The van der Waals surface area contributed by atoms with Crippen LogP contribution in [0.1, 0.15) is 43.2 Å². The average Bonchev–Trinajstić information content (AvgIpc) is 3.52. The first kappa shape index (κ1) is 32.4. The number of nitrogens with zero attached hydrogens (tertiary/aromatic N) is 1. The van der Waals surface area contributed by atoms with Crippen LogP contribution in [0.3, 0.4) is 0 Å². The van der Waals surface area contributed by atoms with Crippen LogP contribution in [0.4, 0.5) is 4.79 Å². The van der Waals surface area contributed by atoms with Gasteiger partial charge in [0.1, 0.15) is 25.0 Å². The Morgan fingerprint density at radius 1 is 0.932 bits per heavy atom. The second kappa shape index (κ2) is 17.0. The SMILES string of the molecule is O=C[C@@H]1CCC(=O)N2CC[C@H](C2)OC/C=C\CC[C@@H](NC(=O)OCc2ccccc2)C(=O)N[C@@H](Cc2ccccc2)C(=O)N1. The van der Waals surface area contributed by atoms with E-state index in [0.29, 0.717) is 38.8 Å². The molecule has 4 rings (SSSR count). The molecule has 234 valence electrons. The van der Waals surface area contributed by atoms with Crippen molar-refractivity contribution in [2.75, 3.05) is 19.7 Å². The zero-order valence-corrected chi connectivity index (χ0v) is 24.7. The third kappa shape index (κ3) is 10.3. The zero-order chi connectivity index (χ0) is 31.1. The number of ether oxygens (including phenoxy) is 2. The molecule has 2 aromatic carbocycles. The van der Waals surface area contributed by atoms with Crippen molar-refractivity contribution in [1.82, 2.24) is 20.9 Å². The van der Waals surface area contributed by atoms with Gasteiger partial charge in [-0.1, -0.05) is 72.8 Å². The van der Waals surface area contributed by atoms with Crippen LogP contribution in [-0.4, -0.2) is 78.9 Å². The van der Waals surface area contributed by atoms with Gasteiger partial charge in [0.15, 0.2) is 0 Å². The number of benzene rings is 2. The average molecular weight is 605 g/mol. The standard InChI is InChI=1S/C33H40N4O7/c38-22-26-15-16-30(39)37-18-17-27(21-37)43-19-9-3-8-14-28(36-33(42)44-23-25-12-6-2-7-13-25)31(40)35-29(32(41)34-26)20-24-10-4-1-5-11-24/h1-7,9-13,22,26-29H,8,14-21,23H2,(H,34,41)(H,35,40)(H,36,42)/b9-3-/t26-,27+,28+,29-/m0/s1. The van der Waals surface area contributed by atoms with E-state index < -0.39 is 36.0 Å². The molecule has 2 bridgehead atoms. The summed E-state index contributed by atoms with van der Waals surface area (Å²) in [6.07, 6.45) is 5.23. The van der Waals surface area contributed by atoms with Crippen LogP contribution in [0.2, 0.25) is 0 Å². The summed E-state index contributed by atoms with van der Waals surface area (Å²) >= 11 is 0. The zero-order valence-electron chi connectivity index (χ0n) is 24.7. The highest BCUT2D eigenvalue weighted by Crippen LogP contribution is 2.15. The molecular formula is C33H40N4O7. The largest absolute Gasteiger partial charge is 0.445 e. The Morgan fingerprint density at radius 2 is 1.66 bits per heavy atom. The number of hydrogen-bond donors (Lipinski definition) is 3. The van der Waals surface area contributed by atoms with Crippen LogP contribution >= 0.6 is 0 Å². The summed E-state index contributed by atoms with van der Waals surface area (Å²) in [7, 11) is 0. The number of aldehydes is 1. The van der Waals surface area contributed by atoms with Gasteiger partial charge in [0.25, 0.3) is 0 Å². The minimum Gasteiger partial charge on any atom is -0.445 e. The van der Waals surface area contributed by atoms with Crippen LogP contribution in [0.15, 0.2) is 72.8 Å². The molecule has 11 heteroatoms. The van der Waals surface area contributed by atoms with Gasteiger partial charge < -0.3 is 35.1 Å². The van der Waals surface area contributed by atoms with Crippen molar-refractivity contribution in [1.29, 1.82) is 0 Å². The van der Waals surface area contributed by atoms with Crippen molar-refractivity contribution >= 4 is 30.1 Å². The monoisotopic (exact) mass is 604 g/mol. The lowest BCUT2D eigenvalue weighted by atomic mass is 10.0. The van der Waals surface area contributed by atoms with Gasteiger partial charge in [-0.3, -0.25) is 14.4 Å². The van der Waals surface area contributed by atoms with Crippen LogP contribution in [0.25, 0.3) is 0 Å². The lowest BCUT2D eigenvalue weighted by molar-refractivity contribution is -0.132. The number of carbonyl (C=O) groups is 5. The lowest BCUT2D eigenvalue weighted by Gasteiger charge is -2.24. The van der Waals surface area contributed by atoms with Crippen LogP contribution in [0.5, 0.6) is 0 Å². The van der Waals surface area contributed by atoms with E-state index in [-0.39, 0.29) is 44.3 Å². The molecule has 0 radical (unpaired) electrons. The molecule has 2 aliphatic heterocycles. The lowest BCUT2D eigenvalue weighted by Crippen LogP contribution is -2.55. The number of nitrogens with one attached hydrogen (secondary N) is 3. The Labute approximate surface area is 257 Å². The number of fused-ring (bicyclic) bond motifs is 2.